The molecule has 1 saturated carbocycles. The maximum atomic E-state index is 11.4. The number of sulfonamides is 1. The first-order valence-corrected chi connectivity index (χ1v) is 7.27. The van der Waals surface area contributed by atoms with Gasteiger partial charge in [0.1, 0.15) is 0 Å². The summed E-state index contributed by atoms with van der Waals surface area (Å²) in [5, 5.41) is 0. The zero-order valence-corrected chi connectivity index (χ0v) is 10.1. The third-order valence-corrected chi connectivity index (χ3v) is 4.30. The van der Waals surface area contributed by atoms with Crippen LogP contribution < -0.4 is 4.72 Å². The first-order valence-electron chi connectivity index (χ1n) is 5.08. The van der Waals surface area contributed by atoms with Crippen LogP contribution in [0, 0.1) is 11.8 Å². The van der Waals surface area contributed by atoms with Crippen molar-refractivity contribution in [2.24, 2.45) is 11.8 Å². The SMILES string of the molecule is CC(CNS(=O)(=O)CCCCl)C1CC1. The molecule has 0 heterocycles. The molecule has 0 aromatic carbocycles. The molecular formula is C9H18ClNO2S. The van der Waals surface area contributed by atoms with Gasteiger partial charge in [-0.25, -0.2) is 13.1 Å². The molecule has 14 heavy (non-hydrogen) atoms. The lowest BCUT2D eigenvalue weighted by Crippen LogP contribution is -2.31. The summed E-state index contributed by atoms with van der Waals surface area (Å²) >= 11 is 5.44. The van der Waals surface area contributed by atoms with Crippen LogP contribution in [0.25, 0.3) is 0 Å². The van der Waals surface area contributed by atoms with E-state index in [1.807, 2.05) is 0 Å². The van der Waals surface area contributed by atoms with Crippen molar-refractivity contribution in [1.29, 1.82) is 0 Å². The fourth-order valence-electron chi connectivity index (χ4n) is 1.41. The lowest BCUT2D eigenvalue weighted by Gasteiger charge is -2.11. The molecule has 1 N–H and O–H groups in total. The number of hydrogen-bond donors (Lipinski definition) is 1. The molecule has 1 fully saturated rings. The number of nitrogens with one attached hydrogen (secondary N) is 1. The summed E-state index contributed by atoms with van der Waals surface area (Å²) in [6.45, 7) is 2.68. The van der Waals surface area contributed by atoms with Gasteiger partial charge in [-0.15, -0.1) is 11.6 Å². The zero-order chi connectivity index (χ0) is 10.6. The van der Waals surface area contributed by atoms with E-state index in [9.17, 15) is 8.42 Å². The van der Waals surface area contributed by atoms with Gasteiger partial charge in [0.15, 0.2) is 0 Å². The first-order chi connectivity index (χ1) is 6.55. The van der Waals surface area contributed by atoms with Crippen LogP contribution in [-0.4, -0.2) is 26.6 Å². The Kier molecular flexibility index (Phi) is 4.67. The molecule has 1 unspecified atom stereocenters. The van der Waals surface area contributed by atoms with Crippen LogP contribution in [-0.2, 0) is 10.0 Å². The summed E-state index contributed by atoms with van der Waals surface area (Å²) < 4.78 is 25.4. The Bertz CT molecular complexity index is 262. The van der Waals surface area contributed by atoms with E-state index in [0.717, 1.165) is 5.92 Å². The van der Waals surface area contributed by atoms with Crippen molar-refractivity contribution in [3.05, 3.63) is 0 Å². The molecule has 0 aromatic rings. The van der Waals surface area contributed by atoms with Crippen LogP contribution in [0.4, 0.5) is 0 Å². The minimum absolute atomic E-state index is 0.147. The standard InChI is InChI=1S/C9H18ClNO2S/c1-8(9-3-4-9)7-11-14(12,13)6-2-5-10/h8-9,11H,2-7H2,1H3. The van der Waals surface area contributed by atoms with E-state index >= 15 is 0 Å². The molecule has 84 valence electrons. The molecule has 1 atom stereocenters. The average Bonchev–Trinajstić information content (AvgIpc) is 2.94. The molecule has 0 amide bonds. The fourth-order valence-corrected chi connectivity index (χ4v) is 2.88. The van der Waals surface area contributed by atoms with Gasteiger partial charge in [-0.2, -0.15) is 0 Å². The Morgan fingerprint density at radius 1 is 1.50 bits per heavy atom. The predicted molar refractivity (Wildman–Crippen MR) is 59.0 cm³/mol. The van der Waals surface area contributed by atoms with E-state index in [2.05, 4.69) is 11.6 Å². The van der Waals surface area contributed by atoms with Crippen molar-refractivity contribution in [2.45, 2.75) is 26.2 Å². The molecule has 1 rings (SSSR count). The van der Waals surface area contributed by atoms with E-state index in [0.29, 0.717) is 24.8 Å². The highest BCUT2D eigenvalue weighted by Gasteiger charge is 2.28. The Morgan fingerprint density at radius 2 is 2.14 bits per heavy atom. The topological polar surface area (TPSA) is 46.2 Å². The molecule has 3 nitrogen and oxygen atoms in total. The molecule has 5 heteroatoms. The van der Waals surface area contributed by atoms with Crippen molar-refractivity contribution < 1.29 is 8.42 Å². The molecule has 0 radical (unpaired) electrons. The molecule has 0 aliphatic heterocycles. The maximum Gasteiger partial charge on any atom is 0.211 e. The monoisotopic (exact) mass is 239 g/mol. The normalized spacial score (nSPS) is 19.6. The van der Waals surface area contributed by atoms with Crippen LogP contribution in [0.3, 0.4) is 0 Å². The van der Waals surface area contributed by atoms with Crippen LogP contribution >= 0.6 is 11.6 Å². The van der Waals surface area contributed by atoms with Crippen LogP contribution in [0.15, 0.2) is 0 Å². The van der Waals surface area contributed by atoms with Crippen molar-refractivity contribution in [1.82, 2.24) is 4.72 Å². The van der Waals surface area contributed by atoms with Crippen molar-refractivity contribution >= 4 is 21.6 Å². The second kappa shape index (κ2) is 5.33. The van der Waals surface area contributed by atoms with Gasteiger partial charge in [0, 0.05) is 12.4 Å². The first kappa shape index (κ1) is 12.3. The lowest BCUT2D eigenvalue weighted by atomic mass is 10.1. The van der Waals surface area contributed by atoms with Crippen LogP contribution in [0.5, 0.6) is 0 Å². The van der Waals surface area contributed by atoms with Gasteiger partial charge in [-0.3, -0.25) is 0 Å². The van der Waals surface area contributed by atoms with Crippen molar-refractivity contribution in [3.8, 4) is 0 Å². The van der Waals surface area contributed by atoms with Gasteiger partial charge < -0.3 is 0 Å². The fraction of sp³-hybridized carbons (Fsp3) is 1.00. The van der Waals surface area contributed by atoms with Gasteiger partial charge in [0.05, 0.1) is 5.75 Å². The van der Waals surface area contributed by atoms with E-state index in [-0.39, 0.29) is 5.75 Å². The van der Waals surface area contributed by atoms with E-state index in [4.69, 9.17) is 11.6 Å². The summed E-state index contributed by atoms with van der Waals surface area (Å²) in [4.78, 5) is 0. The summed E-state index contributed by atoms with van der Waals surface area (Å²) in [6, 6.07) is 0. The van der Waals surface area contributed by atoms with Crippen molar-refractivity contribution in [3.63, 3.8) is 0 Å². The van der Waals surface area contributed by atoms with E-state index < -0.39 is 10.0 Å². The van der Waals surface area contributed by atoms with E-state index in [1.54, 1.807) is 0 Å². The minimum atomic E-state index is -3.08. The van der Waals surface area contributed by atoms with Gasteiger partial charge >= 0.3 is 0 Å². The van der Waals surface area contributed by atoms with Crippen LogP contribution in [0.2, 0.25) is 0 Å². The van der Waals surface area contributed by atoms with Crippen LogP contribution in [0.1, 0.15) is 26.2 Å². The Balaban J connectivity index is 2.20. The second-order valence-electron chi connectivity index (χ2n) is 4.02. The smallest absolute Gasteiger partial charge is 0.211 e. The van der Waals surface area contributed by atoms with Gasteiger partial charge in [-0.1, -0.05) is 6.92 Å². The molecule has 1 aliphatic carbocycles. The average molecular weight is 240 g/mol. The van der Waals surface area contributed by atoms with Crippen molar-refractivity contribution in [2.75, 3.05) is 18.2 Å². The van der Waals surface area contributed by atoms with E-state index in [1.165, 1.54) is 12.8 Å². The second-order valence-corrected chi connectivity index (χ2v) is 6.33. The third-order valence-electron chi connectivity index (χ3n) is 2.60. The quantitative estimate of drug-likeness (QED) is 0.686. The molecule has 0 spiro atoms. The largest absolute Gasteiger partial charge is 0.215 e. The number of alkyl halides is 1. The Labute approximate surface area is 91.3 Å². The third kappa shape index (κ3) is 4.62. The highest BCUT2D eigenvalue weighted by atomic mass is 35.5. The van der Waals surface area contributed by atoms with Gasteiger partial charge in [0.25, 0.3) is 0 Å². The van der Waals surface area contributed by atoms with Gasteiger partial charge in [0.2, 0.25) is 10.0 Å². The number of hydrogen-bond acceptors (Lipinski definition) is 2. The van der Waals surface area contributed by atoms with Gasteiger partial charge in [-0.05, 0) is 31.1 Å². The Hall–Kier alpha value is 0.200. The summed E-state index contributed by atoms with van der Waals surface area (Å²) in [5.74, 6) is 1.76. The molecule has 1 aliphatic rings. The summed E-state index contributed by atoms with van der Waals surface area (Å²) in [5.41, 5.74) is 0. The Morgan fingerprint density at radius 3 is 2.64 bits per heavy atom. The molecule has 0 bridgehead atoms. The number of rotatable bonds is 7. The predicted octanol–water partition coefficient (Wildman–Crippen LogP) is 1.58. The summed E-state index contributed by atoms with van der Waals surface area (Å²) in [7, 11) is -3.08. The maximum absolute atomic E-state index is 11.4. The summed E-state index contributed by atoms with van der Waals surface area (Å²) in [6.07, 6.45) is 3.03. The lowest BCUT2D eigenvalue weighted by molar-refractivity contribution is 0.491. The highest BCUT2D eigenvalue weighted by molar-refractivity contribution is 7.89. The minimum Gasteiger partial charge on any atom is -0.215 e. The molecular weight excluding hydrogens is 222 g/mol. The highest BCUT2D eigenvalue weighted by Crippen LogP contribution is 2.36. The number of halogens is 1. The molecule has 0 saturated heterocycles. The zero-order valence-electron chi connectivity index (χ0n) is 8.50. The molecule has 0 aromatic heterocycles.